The second-order valence-corrected chi connectivity index (χ2v) is 12.9. The highest BCUT2D eigenvalue weighted by atomic mass is 19.2. The highest BCUT2D eigenvalue weighted by molar-refractivity contribution is 5.71. The van der Waals surface area contributed by atoms with Gasteiger partial charge in [0.1, 0.15) is 5.82 Å². The minimum Gasteiger partial charge on any atom is -0.490 e. The highest BCUT2D eigenvalue weighted by Crippen LogP contribution is 2.45. The summed E-state index contributed by atoms with van der Waals surface area (Å²) in [7, 11) is 0. The van der Waals surface area contributed by atoms with Gasteiger partial charge < -0.3 is 4.74 Å². The third kappa shape index (κ3) is 7.75. The maximum Gasteiger partial charge on any atom is 0.201 e. The van der Waals surface area contributed by atoms with Gasteiger partial charge in [0.15, 0.2) is 11.6 Å². The molecule has 2 aliphatic carbocycles. The van der Waals surface area contributed by atoms with E-state index >= 15 is 4.39 Å². The van der Waals surface area contributed by atoms with E-state index < -0.39 is 11.6 Å². The summed E-state index contributed by atoms with van der Waals surface area (Å²) < 4.78 is 50.4. The van der Waals surface area contributed by atoms with Crippen LogP contribution in [0.2, 0.25) is 0 Å². The van der Waals surface area contributed by atoms with E-state index in [-0.39, 0.29) is 17.1 Å². The van der Waals surface area contributed by atoms with Gasteiger partial charge >= 0.3 is 0 Å². The van der Waals surface area contributed by atoms with Gasteiger partial charge in [-0.1, -0.05) is 75.1 Å². The molecule has 1 nitrogen and oxygen atoms in total. The summed E-state index contributed by atoms with van der Waals surface area (Å²) in [5.41, 5.74) is 3.05. The van der Waals surface area contributed by atoms with Crippen molar-refractivity contribution in [3.05, 3.63) is 90.3 Å². The second kappa shape index (κ2) is 15.1. The van der Waals surface area contributed by atoms with Crippen LogP contribution in [0, 0.1) is 35.2 Å². The summed E-state index contributed by atoms with van der Waals surface area (Å²) in [6, 6.07) is 15.7. The number of rotatable bonds is 12. The number of halogens is 3. The van der Waals surface area contributed by atoms with Gasteiger partial charge in [0, 0.05) is 11.1 Å². The van der Waals surface area contributed by atoms with E-state index in [9.17, 15) is 8.78 Å². The lowest BCUT2D eigenvalue weighted by molar-refractivity contribution is 0.157. The van der Waals surface area contributed by atoms with Gasteiger partial charge in [-0.2, -0.15) is 4.39 Å². The van der Waals surface area contributed by atoms with E-state index in [1.807, 2.05) is 6.07 Å². The first-order valence-electron chi connectivity index (χ1n) is 16.6. The normalized spacial score (nSPS) is 22.3. The lowest BCUT2D eigenvalue weighted by Gasteiger charge is -2.38. The first-order valence-corrected chi connectivity index (χ1v) is 16.6. The minimum absolute atomic E-state index is 0.0633. The minimum atomic E-state index is -0.972. The van der Waals surface area contributed by atoms with Crippen molar-refractivity contribution >= 4 is 0 Å². The third-order valence-corrected chi connectivity index (χ3v) is 10.1. The Bertz CT molecular complexity index is 1330. The molecule has 0 atom stereocenters. The average molecular weight is 589 g/mol. The van der Waals surface area contributed by atoms with Crippen LogP contribution in [0.4, 0.5) is 13.2 Å². The molecule has 0 aromatic heterocycles. The van der Waals surface area contributed by atoms with Crippen LogP contribution in [0.5, 0.6) is 5.75 Å². The van der Waals surface area contributed by atoms with E-state index in [1.165, 1.54) is 51.0 Å². The molecule has 0 saturated heterocycles. The van der Waals surface area contributed by atoms with Crippen molar-refractivity contribution < 1.29 is 17.9 Å². The van der Waals surface area contributed by atoms with Gasteiger partial charge in [0.25, 0.3) is 0 Å². The fourth-order valence-electron chi connectivity index (χ4n) is 7.47. The summed E-state index contributed by atoms with van der Waals surface area (Å²) in [4.78, 5) is 0. The molecule has 0 N–H and O–H groups in total. The van der Waals surface area contributed by atoms with Gasteiger partial charge in [0.05, 0.1) is 6.61 Å². The molecule has 2 fully saturated rings. The number of benzene rings is 3. The summed E-state index contributed by atoms with van der Waals surface area (Å²) in [6.45, 7) is 6.31. The molecule has 0 radical (unpaired) electrons. The fourth-order valence-corrected chi connectivity index (χ4v) is 7.47. The standard InChI is InChI=1S/C39H47F3O/c1-3-5-7-25-43-37-24-23-35(38(41)39(37)42)32-19-17-31(18-20-32)34-22-21-33(26-36(34)40)30-15-13-29(14-16-30)28-11-9-27(10-12-28)8-6-4-2/h4,17-24,26-30H,2-3,5-16,25H2,1H3. The molecule has 0 heterocycles. The van der Waals surface area contributed by atoms with Crippen molar-refractivity contribution in [3.8, 4) is 28.0 Å². The quantitative estimate of drug-likeness (QED) is 0.151. The van der Waals surface area contributed by atoms with Crippen molar-refractivity contribution in [3.63, 3.8) is 0 Å². The number of allylic oxidation sites excluding steroid dienone is 1. The molecule has 0 bridgehead atoms. The van der Waals surface area contributed by atoms with Gasteiger partial charge in [0.2, 0.25) is 5.82 Å². The Morgan fingerprint density at radius 2 is 1.37 bits per heavy atom. The third-order valence-electron chi connectivity index (χ3n) is 10.1. The molecular formula is C39H47F3O. The zero-order valence-electron chi connectivity index (χ0n) is 25.7. The highest BCUT2D eigenvalue weighted by Gasteiger charge is 2.31. The van der Waals surface area contributed by atoms with E-state index in [0.717, 1.165) is 67.4 Å². The van der Waals surface area contributed by atoms with E-state index in [4.69, 9.17) is 4.74 Å². The van der Waals surface area contributed by atoms with Crippen LogP contribution in [-0.2, 0) is 0 Å². The van der Waals surface area contributed by atoms with Crippen molar-refractivity contribution in [2.24, 2.45) is 17.8 Å². The van der Waals surface area contributed by atoms with E-state index in [1.54, 1.807) is 36.4 Å². The lowest BCUT2D eigenvalue weighted by Crippen LogP contribution is -2.25. The zero-order chi connectivity index (χ0) is 30.2. The largest absolute Gasteiger partial charge is 0.490 e. The number of hydrogen-bond acceptors (Lipinski definition) is 1. The Kier molecular flexibility index (Phi) is 11.1. The smallest absolute Gasteiger partial charge is 0.201 e. The molecule has 5 rings (SSSR count). The monoisotopic (exact) mass is 588 g/mol. The Balaban J connectivity index is 1.18. The predicted octanol–water partition coefficient (Wildman–Crippen LogP) is 12.1. The Hall–Kier alpha value is -3.01. The zero-order valence-corrected chi connectivity index (χ0v) is 25.7. The molecule has 4 heteroatoms. The van der Waals surface area contributed by atoms with Gasteiger partial charge in [-0.15, -0.1) is 6.58 Å². The average Bonchev–Trinajstić information content (AvgIpc) is 3.04. The predicted molar refractivity (Wildman–Crippen MR) is 172 cm³/mol. The van der Waals surface area contributed by atoms with Crippen LogP contribution in [0.25, 0.3) is 22.3 Å². The molecule has 0 spiro atoms. The Morgan fingerprint density at radius 3 is 2.00 bits per heavy atom. The molecule has 0 amide bonds. The van der Waals surface area contributed by atoms with E-state index in [0.29, 0.717) is 23.7 Å². The first-order chi connectivity index (χ1) is 21.0. The van der Waals surface area contributed by atoms with Crippen LogP contribution >= 0.6 is 0 Å². The van der Waals surface area contributed by atoms with Crippen molar-refractivity contribution in [2.45, 2.75) is 96.3 Å². The van der Waals surface area contributed by atoms with Crippen molar-refractivity contribution in [1.82, 2.24) is 0 Å². The summed E-state index contributed by atoms with van der Waals surface area (Å²) in [5, 5.41) is 0. The summed E-state index contributed by atoms with van der Waals surface area (Å²) in [6.07, 6.45) is 17.6. The topological polar surface area (TPSA) is 9.23 Å². The van der Waals surface area contributed by atoms with Crippen molar-refractivity contribution in [2.75, 3.05) is 6.61 Å². The first kappa shape index (κ1) is 31.4. The maximum atomic E-state index is 15.4. The fraction of sp³-hybridized carbons (Fsp3) is 0.487. The van der Waals surface area contributed by atoms with Crippen LogP contribution in [0.15, 0.2) is 67.3 Å². The molecule has 0 aliphatic heterocycles. The summed E-state index contributed by atoms with van der Waals surface area (Å²) >= 11 is 0. The van der Waals surface area contributed by atoms with Crippen LogP contribution in [0.1, 0.15) is 102 Å². The number of hydrogen-bond donors (Lipinski definition) is 0. The molecule has 230 valence electrons. The van der Waals surface area contributed by atoms with Crippen LogP contribution < -0.4 is 4.74 Å². The van der Waals surface area contributed by atoms with Gasteiger partial charge in [-0.05, 0) is 116 Å². The molecule has 0 unspecified atom stereocenters. The number of unbranched alkanes of at least 4 members (excludes halogenated alkanes) is 2. The van der Waals surface area contributed by atoms with E-state index in [2.05, 4.69) is 25.6 Å². The molecule has 3 aromatic rings. The Morgan fingerprint density at radius 1 is 0.744 bits per heavy atom. The van der Waals surface area contributed by atoms with Crippen LogP contribution in [0.3, 0.4) is 0 Å². The molecule has 43 heavy (non-hydrogen) atoms. The molecule has 2 saturated carbocycles. The lowest BCUT2D eigenvalue weighted by atomic mass is 9.68. The maximum absolute atomic E-state index is 15.4. The SMILES string of the molecule is C=CCCC1CCC(C2CCC(c3ccc(-c4ccc(-c5ccc(OCCCCC)c(F)c5F)cc4)c(F)c3)CC2)CC1. The molecular weight excluding hydrogens is 541 g/mol. The Labute approximate surface area is 256 Å². The second-order valence-electron chi connectivity index (χ2n) is 12.9. The van der Waals surface area contributed by atoms with Crippen molar-refractivity contribution in [1.29, 1.82) is 0 Å². The van der Waals surface area contributed by atoms with Gasteiger partial charge in [-0.25, -0.2) is 8.78 Å². The van der Waals surface area contributed by atoms with Gasteiger partial charge in [-0.3, -0.25) is 0 Å². The molecule has 2 aliphatic rings. The van der Waals surface area contributed by atoms with Crippen LogP contribution in [-0.4, -0.2) is 6.61 Å². The molecule has 3 aromatic carbocycles. The number of ether oxygens (including phenoxy) is 1. The summed E-state index contributed by atoms with van der Waals surface area (Å²) in [5.74, 6) is 0.810.